The van der Waals surface area contributed by atoms with Gasteiger partial charge in [0.2, 0.25) is 5.91 Å². The van der Waals surface area contributed by atoms with Gasteiger partial charge >= 0.3 is 0 Å². The van der Waals surface area contributed by atoms with E-state index in [4.69, 9.17) is 4.98 Å². The summed E-state index contributed by atoms with van der Waals surface area (Å²) in [5, 5.41) is 13.3. The van der Waals surface area contributed by atoms with Crippen LogP contribution in [0, 0.1) is 25.2 Å². The standard InChI is InChI=1S/C23H27N3OS/c1-16-9-10-20(17(2)13-16)25-22(27)11-12-28-23-19(15-24)14-18-7-5-3-4-6-8-21(18)26-23/h9-10,13-14H,3-8,11-12H2,1-2H3,(H,25,27). The second kappa shape index (κ2) is 9.75. The van der Waals surface area contributed by atoms with Gasteiger partial charge in [0.05, 0.1) is 5.56 Å². The average Bonchev–Trinajstić information content (AvgIpc) is 2.65. The van der Waals surface area contributed by atoms with E-state index < -0.39 is 0 Å². The Labute approximate surface area is 171 Å². The van der Waals surface area contributed by atoms with Gasteiger partial charge in [-0.25, -0.2) is 4.98 Å². The number of aryl methyl sites for hydroxylation is 4. The number of nitriles is 1. The van der Waals surface area contributed by atoms with Crippen molar-refractivity contribution in [2.75, 3.05) is 11.1 Å². The predicted molar refractivity (Wildman–Crippen MR) is 115 cm³/mol. The minimum atomic E-state index is -0.00999. The molecule has 2 aromatic rings. The second-order valence-electron chi connectivity index (χ2n) is 7.44. The maximum atomic E-state index is 12.3. The molecule has 28 heavy (non-hydrogen) atoms. The molecule has 1 amide bonds. The minimum absolute atomic E-state index is 0.00999. The van der Waals surface area contributed by atoms with Crippen molar-refractivity contribution in [3.8, 4) is 6.07 Å². The summed E-state index contributed by atoms with van der Waals surface area (Å²) in [6.07, 6.45) is 7.23. The zero-order chi connectivity index (χ0) is 19.9. The lowest BCUT2D eigenvalue weighted by molar-refractivity contribution is -0.115. The number of thioether (sulfide) groups is 1. The van der Waals surface area contributed by atoms with E-state index in [1.165, 1.54) is 42.2 Å². The SMILES string of the molecule is Cc1ccc(NC(=O)CCSc2nc3c(cc2C#N)CCCCCC3)c(C)c1. The minimum Gasteiger partial charge on any atom is -0.326 e. The Kier molecular flexibility index (Phi) is 7.11. The van der Waals surface area contributed by atoms with Crippen LogP contribution >= 0.6 is 11.8 Å². The lowest BCUT2D eigenvalue weighted by atomic mass is 9.96. The molecule has 0 atom stereocenters. The number of fused-ring (bicyclic) bond motifs is 1. The number of amides is 1. The molecule has 146 valence electrons. The molecule has 1 N–H and O–H groups in total. The number of anilines is 1. The van der Waals surface area contributed by atoms with Crippen molar-refractivity contribution in [1.29, 1.82) is 5.26 Å². The zero-order valence-electron chi connectivity index (χ0n) is 16.7. The summed E-state index contributed by atoms with van der Waals surface area (Å²) < 4.78 is 0. The highest BCUT2D eigenvalue weighted by atomic mass is 32.2. The van der Waals surface area contributed by atoms with Gasteiger partial charge in [0, 0.05) is 23.6 Å². The molecular formula is C23H27N3OS. The van der Waals surface area contributed by atoms with Crippen LogP contribution in [0.3, 0.4) is 0 Å². The van der Waals surface area contributed by atoms with Crippen LogP contribution in [-0.2, 0) is 17.6 Å². The third kappa shape index (κ3) is 5.36. The van der Waals surface area contributed by atoms with Gasteiger partial charge in [0.25, 0.3) is 0 Å². The smallest absolute Gasteiger partial charge is 0.225 e. The number of benzene rings is 1. The summed E-state index contributed by atoms with van der Waals surface area (Å²) in [6, 6.07) is 10.3. The summed E-state index contributed by atoms with van der Waals surface area (Å²) in [4.78, 5) is 17.1. The van der Waals surface area contributed by atoms with Gasteiger partial charge in [-0.15, -0.1) is 11.8 Å². The number of aromatic nitrogens is 1. The monoisotopic (exact) mass is 393 g/mol. The van der Waals surface area contributed by atoms with E-state index in [0.29, 0.717) is 17.7 Å². The van der Waals surface area contributed by atoms with E-state index in [0.717, 1.165) is 41.2 Å². The molecule has 1 aromatic carbocycles. The van der Waals surface area contributed by atoms with Gasteiger partial charge < -0.3 is 5.32 Å². The fraction of sp³-hybridized carbons (Fsp3) is 0.435. The molecule has 0 aliphatic heterocycles. The number of pyridine rings is 1. The lowest BCUT2D eigenvalue weighted by Gasteiger charge is -2.15. The van der Waals surface area contributed by atoms with Crippen molar-refractivity contribution in [2.45, 2.75) is 63.8 Å². The molecule has 0 saturated carbocycles. The van der Waals surface area contributed by atoms with Gasteiger partial charge in [-0.05, 0) is 62.8 Å². The molecule has 1 aliphatic carbocycles. The van der Waals surface area contributed by atoms with Crippen molar-refractivity contribution in [3.63, 3.8) is 0 Å². The molecule has 0 unspecified atom stereocenters. The predicted octanol–water partition coefficient (Wildman–Crippen LogP) is 5.35. The van der Waals surface area contributed by atoms with E-state index in [9.17, 15) is 10.1 Å². The summed E-state index contributed by atoms with van der Waals surface area (Å²) >= 11 is 1.51. The van der Waals surface area contributed by atoms with Crippen LogP contribution < -0.4 is 5.32 Å². The first-order valence-corrected chi connectivity index (χ1v) is 11.0. The van der Waals surface area contributed by atoms with Crippen molar-refractivity contribution < 1.29 is 4.79 Å². The molecule has 0 radical (unpaired) electrons. The number of carbonyl (C=O) groups is 1. The molecule has 0 spiro atoms. The van der Waals surface area contributed by atoms with Gasteiger partial charge in [0.1, 0.15) is 11.1 Å². The Morgan fingerprint density at radius 1 is 1.18 bits per heavy atom. The van der Waals surface area contributed by atoms with Crippen molar-refractivity contribution in [1.82, 2.24) is 4.98 Å². The van der Waals surface area contributed by atoms with Gasteiger partial charge in [-0.2, -0.15) is 5.26 Å². The van der Waals surface area contributed by atoms with Crippen LogP contribution in [0.25, 0.3) is 0 Å². The van der Waals surface area contributed by atoms with Gasteiger partial charge in [0.15, 0.2) is 0 Å². The first kappa shape index (κ1) is 20.4. The number of nitrogens with zero attached hydrogens (tertiary/aromatic N) is 2. The van der Waals surface area contributed by atoms with Crippen LogP contribution in [0.5, 0.6) is 0 Å². The first-order chi connectivity index (χ1) is 13.6. The van der Waals surface area contributed by atoms with E-state index in [1.54, 1.807) is 0 Å². The highest BCUT2D eigenvalue weighted by Crippen LogP contribution is 2.27. The topological polar surface area (TPSA) is 65.8 Å². The van der Waals surface area contributed by atoms with Gasteiger partial charge in [-0.1, -0.05) is 30.5 Å². The normalized spacial score (nSPS) is 13.8. The van der Waals surface area contributed by atoms with E-state index in [1.807, 2.05) is 32.0 Å². The van der Waals surface area contributed by atoms with Crippen molar-refractivity contribution in [2.24, 2.45) is 0 Å². The van der Waals surface area contributed by atoms with Crippen LogP contribution in [0.4, 0.5) is 5.69 Å². The molecule has 0 fully saturated rings. The lowest BCUT2D eigenvalue weighted by Crippen LogP contribution is -2.13. The van der Waals surface area contributed by atoms with Crippen LogP contribution in [0.1, 0.15) is 60.1 Å². The number of hydrogen-bond donors (Lipinski definition) is 1. The summed E-state index contributed by atoms with van der Waals surface area (Å²) in [6.45, 7) is 4.04. The third-order valence-electron chi connectivity index (χ3n) is 5.11. The molecule has 0 bridgehead atoms. The fourth-order valence-corrected chi connectivity index (χ4v) is 4.48. The maximum Gasteiger partial charge on any atom is 0.225 e. The second-order valence-corrected chi connectivity index (χ2v) is 8.52. The highest BCUT2D eigenvalue weighted by Gasteiger charge is 2.14. The van der Waals surface area contributed by atoms with Gasteiger partial charge in [-0.3, -0.25) is 4.79 Å². The van der Waals surface area contributed by atoms with Crippen LogP contribution in [0.15, 0.2) is 29.3 Å². The molecule has 5 heteroatoms. The van der Waals surface area contributed by atoms with E-state index in [-0.39, 0.29) is 5.91 Å². The molecule has 1 heterocycles. The number of rotatable bonds is 5. The molecule has 1 aromatic heterocycles. The fourth-order valence-electron chi connectivity index (χ4n) is 3.57. The largest absolute Gasteiger partial charge is 0.326 e. The van der Waals surface area contributed by atoms with Crippen LogP contribution in [0.2, 0.25) is 0 Å². The Bertz CT molecular complexity index is 901. The Balaban J connectivity index is 1.61. The Morgan fingerprint density at radius 2 is 1.96 bits per heavy atom. The van der Waals surface area contributed by atoms with E-state index >= 15 is 0 Å². The van der Waals surface area contributed by atoms with Crippen molar-refractivity contribution in [3.05, 3.63) is 52.2 Å². The molecule has 0 saturated heterocycles. The van der Waals surface area contributed by atoms with E-state index in [2.05, 4.69) is 17.5 Å². The third-order valence-corrected chi connectivity index (χ3v) is 6.10. The summed E-state index contributed by atoms with van der Waals surface area (Å²) in [5.41, 5.74) is 6.11. The average molecular weight is 394 g/mol. The number of hydrogen-bond acceptors (Lipinski definition) is 4. The molecule has 1 aliphatic rings. The maximum absolute atomic E-state index is 12.3. The summed E-state index contributed by atoms with van der Waals surface area (Å²) in [7, 11) is 0. The molecule has 3 rings (SSSR count). The molecular weight excluding hydrogens is 366 g/mol. The molecule has 4 nitrogen and oxygen atoms in total. The highest BCUT2D eigenvalue weighted by molar-refractivity contribution is 7.99. The Hall–Kier alpha value is -2.32. The summed E-state index contributed by atoms with van der Waals surface area (Å²) in [5.74, 6) is 0.598. The Morgan fingerprint density at radius 3 is 2.71 bits per heavy atom. The first-order valence-electron chi connectivity index (χ1n) is 9.99. The number of nitrogens with one attached hydrogen (secondary N) is 1. The van der Waals surface area contributed by atoms with Crippen LogP contribution in [-0.4, -0.2) is 16.6 Å². The zero-order valence-corrected chi connectivity index (χ0v) is 17.5. The quantitative estimate of drug-likeness (QED) is 0.695. The number of carbonyl (C=O) groups excluding carboxylic acids is 1. The van der Waals surface area contributed by atoms with Crippen molar-refractivity contribution >= 4 is 23.4 Å².